The van der Waals surface area contributed by atoms with E-state index in [4.69, 9.17) is 11.6 Å². The molecule has 1 aromatic heterocycles. The van der Waals surface area contributed by atoms with E-state index in [1.165, 1.54) is 0 Å². The molecule has 3 nitrogen and oxygen atoms in total. The smallest absolute Gasteiger partial charge is 0.150 e. The van der Waals surface area contributed by atoms with E-state index in [2.05, 4.69) is 5.10 Å². The summed E-state index contributed by atoms with van der Waals surface area (Å²) in [6.07, 6.45) is 2.60. The van der Waals surface area contributed by atoms with Crippen LogP contribution in [0.5, 0.6) is 0 Å². The number of aromatic nitrogens is 2. The first-order chi connectivity index (χ1) is 8.17. The zero-order valence-electron chi connectivity index (χ0n) is 9.77. The summed E-state index contributed by atoms with van der Waals surface area (Å²) in [6.45, 7) is 4.88. The van der Waals surface area contributed by atoms with E-state index in [0.29, 0.717) is 10.6 Å². The molecule has 0 fully saturated rings. The SMILES string of the molecule is CCn1ncc(-c2ccc(C=O)cc2Cl)c1C. The summed E-state index contributed by atoms with van der Waals surface area (Å²) < 4.78 is 1.92. The minimum Gasteiger partial charge on any atom is -0.298 e. The van der Waals surface area contributed by atoms with Crippen LogP contribution < -0.4 is 0 Å². The molecule has 0 radical (unpaired) electrons. The number of halogens is 1. The highest BCUT2D eigenvalue weighted by Crippen LogP contribution is 2.30. The maximum Gasteiger partial charge on any atom is 0.150 e. The molecular weight excluding hydrogens is 236 g/mol. The summed E-state index contributed by atoms with van der Waals surface area (Å²) in [7, 11) is 0. The summed E-state index contributed by atoms with van der Waals surface area (Å²) in [4.78, 5) is 10.6. The van der Waals surface area contributed by atoms with Crippen LogP contribution in [0, 0.1) is 6.92 Å². The Balaban J connectivity index is 2.52. The van der Waals surface area contributed by atoms with E-state index in [0.717, 1.165) is 29.7 Å². The van der Waals surface area contributed by atoms with Gasteiger partial charge in [-0.3, -0.25) is 9.48 Å². The van der Waals surface area contributed by atoms with Crippen molar-refractivity contribution >= 4 is 17.9 Å². The Morgan fingerprint density at radius 2 is 2.18 bits per heavy atom. The molecule has 88 valence electrons. The Hall–Kier alpha value is -1.61. The topological polar surface area (TPSA) is 34.9 Å². The van der Waals surface area contributed by atoms with E-state index in [-0.39, 0.29) is 0 Å². The fourth-order valence-electron chi connectivity index (χ4n) is 1.85. The van der Waals surface area contributed by atoms with E-state index in [1.54, 1.807) is 18.3 Å². The highest BCUT2D eigenvalue weighted by atomic mass is 35.5. The van der Waals surface area contributed by atoms with Crippen LogP contribution >= 0.6 is 11.6 Å². The lowest BCUT2D eigenvalue weighted by Gasteiger charge is -2.05. The average Bonchev–Trinajstić information content (AvgIpc) is 2.70. The predicted octanol–water partition coefficient (Wildman–Crippen LogP) is 3.34. The summed E-state index contributed by atoms with van der Waals surface area (Å²) in [5, 5.41) is 4.86. The molecule has 2 aromatic rings. The molecule has 0 amide bonds. The Bertz CT molecular complexity index is 561. The Kier molecular flexibility index (Phi) is 3.29. The fraction of sp³-hybridized carbons (Fsp3) is 0.231. The molecule has 0 N–H and O–H groups in total. The molecule has 1 heterocycles. The minimum absolute atomic E-state index is 0.577. The first-order valence-corrected chi connectivity index (χ1v) is 5.82. The van der Waals surface area contributed by atoms with Crippen LogP contribution in [0.15, 0.2) is 24.4 Å². The number of carbonyl (C=O) groups excluding carboxylic acids is 1. The number of rotatable bonds is 3. The van der Waals surface area contributed by atoms with E-state index >= 15 is 0 Å². The molecule has 0 spiro atoms. The zero-order valence-corrected chi connectivity index (χ0v) is 10.5. The van der Waals surface area contributed by atoms with Crippen LogP contribution in [-0.4, -0.2) is 16.1 Å². The van der Waals surface area contributed by atoms with Gasteiger partial charge >= 0.3 is 0 Å². The quantitative estimate of drug-likeness (QED) is 0.781. The molecule has 2 rings (SSSR count). The molecule has 0 aliphatic rings. The first kappa shape index (κ1) is 11.9. The van der Waals surface area contributed by atoms with Crippen molar-refractivity contribution in [3.63, 3.8) is 0 Å². The standard InChI is InChI=1S/C13H13ClN2O/c1-3-16-9(2)12(7-15-16)11-5-4-10(8-17)6-13(11)14/h4-8H,3H2,1-2H3. The minimum atomic E-state index is 0.577. The van der Waals surface area contributed by atoms with E-state index < -0.39 is 0 Å². The Morgan fingerprint density at radius 3 is 2.71 bits per heavy atom. The number of hydrogen-bond acceptors (Lipinski definition) is 2. The van der Waals surface area contributed by atoms with Gasteiger partial charge in [0.2, 0.25) is 0 Å². The van der Waals surface area contributed by atoms with E-state index in [9.17, 15) is 4.79 Å². The highest BCUT2D eigenvalue weighted by molar-refractivity contribution is 6.33. The molecule has 0 aliphatic heterocycles. The van der Waals surface area contributed by atoms with Gasteiger partial charge in [0.1, 0.15) is 6.29 Å². The van der Waals surface area contributed by atoms with Crippen LogP contribution in [0.25, 0.3) is 11.1 Å². The van der Waals surface area contributed by atoms with Gasteiger partial charge in [-0.25, -0.2) is 0 Å². The third-order valence-corrected chi connectivity index (χ3v) is 3.13. The maximum atomic E-state index is 10.6. The maximum absolute atomic E-state index is 10.6. The molecule has 0 unspecified atom stereocenters. The van der Waals surface area contributed by atoms with Gasteiger partial charge in [-0.05, 0) is 19.9 Å². The van der Waals surface area contributed by atoms with Crippen LogP contribution in [0.1, 0.15) is 23.0 Å². The number of benzene rings is 1. The molecular formula is C13H13ClN2O. The molecule has 4 heteroatoms. The molecule has 1 aromatic carbocycles. The van der Waals surface area contributed by atoms with Crippen molar-refractivity contribution in [2.75, 3.05) is 0 Å². The normalized spacial score (nSPS) is 10.5. The number of carbonyl (C=O) groups is 1. The average molecular weight is 249 g/mol. The highest BCUT2D eigenvalue weighted by Gasteiger charge is 2.11. The van der Waals surface area contributed by atoms with Crippen molar-refractivity contribution in [2.45, 2.75) is 20.4 Å². The number of nitrogens with zero attached hydrogens (tertiary/aromatic N) is 2. The third-order valence-electron chi connectivity index (χ3n) is 2.82. The van der Waals surface area contributed by atoms with Gasteiger partial charge in [0.05, 0.1) is 6.20 Å². The fourth-order valence-corrected chi connectivity index (χ4v) is 2.14. The van der Waals surface area contributed by atoms with Crippen molar-refractivity contribution in [3.05, 3.63) is 40.7 Å². The van der Waals surface area contributed by atoms with Gasteiger partial charge in [-0.2, -0.15) is 5.10 Å². The summed E-state index contributed by atoms with van der Waals surface area (Å²) in [5.74, 6) is 0. The monoisotopic (exact) mass is 248 g/mol. The summed E-state index contributed by atoms with van der Waals surface area (Å²) in [5.41, 5.74) is 3.58. The molecule has 0 saturated carbocycles. The van der Waals surface area contributed by atoms with Gasteiger partial charge in [0.15, 0.2) is 0 Å². The van der Waals surface area contributed by atoms with Crippen molar-refractivity contribution in [3.8, 4) is 11.1 Å². The van der Waals surface area contributed by atoms with Gasteiger partial charge < -0.3 is 0 Å². The van der Waals surface area contributed by atoms with Crippen LogP contribution in [0.2, 0.25) is 5.02 Å². The van der Waals surface area contributed by atoms with Crippen LogP contribution in [0.3, 0.4) is 0 Å². The number of aryl methyl sites for hydroxylation is 1. The van der Waals surface area contributed by atoms with E-state index in [1.807, 2.05) is 24.6 Å². The van der Waals surface area contributed by atoms with Gasteiger partial charge in [0.25, 0.3) is 0 Å². The van der Waals surface area contributed by atoms with Crippen molar-refractivity contribution in [1.82, 2.24) is 9.78 Å². The first-order valence-electron chi connectivity index (χ1n) is 5.45. The van der Waals surface area contributed by atoms with Crippen LogP contribution in [-0.2, 0) is 6.54 Å². The lowest BCUT2D eigenvalue weighted by molar-refractivity contribution is 0.112. The summed E-state index contributed by atoms with van der Waals surface area (Å²) >= 11 is 6.17. The van der Waals surface area contributed by atoms with Gasteiger partial charge in [-0.15, -0.1) is 0 Å². The van der Waals surface area contributed by atoms with Crippen LogP contribution in [0.4, 0.5) is 0 Å². The molecule has 0 saturated heterocycles. The zero-order chi connectivity index (χ0) is 12.4. The lowest BCUT2D eigenvalue weighted by atomic mass is 10.1. The second-order valence-electron chi connectivity index (χ2n) is 3.82. The lowest BCUT2D eigenvalue weighted by Crippen LogP contribution is -1.98. The largest absolute Gasteiger partial charge is 0.298 e. The van der Waals surface area contributed by atoms with Crippen molar-refractivity contribution < 1.29 is 4.79 Å². The second-order valence-corrected chi connectivity index (χ2v) is 4.22. The summed E-state index contributed by atoms with van der Waals surface area (Å²) in [6, 6.07) is 5.29. The number of aldehydes is 1. The third kappa shape index (κ3) is 2.11. The van der Waals surface area contributed by atoms with Crippen molar-refractivity contribution in [1.29, 1.82) is 0 Å². The predicted molar refractivity (Wildman–Crippen MR) is 68.5 cm³/mol. The molecule has 0 atom stereocenters. The Labute approximate surface area is 105 Å². The number of hydrogen-bond donors (Lipinski definition) is 0. The molecule has 17 heavy (non-hydrogen) atoms. The van der Waals surface area contributed by atoms with Gasteiger partial charge in [0, 0.05) is 34.0 Å². The molecule has 0 bridgehead atoms. The second kappa shape index (κ2) is 4.72. The Morgan fingerprint density at radius 1 is 1.41 bits per heavy atom. The van der Waals surface area contributed by atoms with Gasteiger partial charge in [-0.1, -0.05) is 23.7 Å². The molecule has 0 aliphatic carbocycles. The van der Waals surface area contributed by atoms with Crippen molar-refractivity contribution in [2.24, 2.45) is 0 Å².